The summed E-state index contributed by atoms with van der Waals surface area (Å²) in [6, 6.07) is 6.49. The first-order chi connectivity index (χ1) is 8.15. The molecule has 90 valence electrons. The minimum Gasteiger partial charge on any atom is -0.392 e. The van der Waals surface area contributed by atoms with E-state index in [1.165, 1.54) is 6.07 Å². The van der Waals surface area contributed by atoms with E-state index in [4.69, 9.17) is 11.6 Å². The molecular formula is C13H12ClFOS. The molecule has 1 nitrogen and oxygen atoms in total. The largest absolute Gasteiger partial charge is 0.392 e. The topological polar surface area (TPSA) is 20.2 Å². The third-order valence-electron chi connectivity index (χ3n) is 2.52. The standard InChI is InChI=1S/C13H12ClFOS/c14-11-2-1-10(13(15)7-11)6-12(16)5-9-3-4-17-8-9/h1-4,7-8,12,16H,5-6H2. The molecule has 0 saturated heterocycles. The maximum atomic E-state index is 13.5. The van der Waals surface area contributed by atoms with Crippen LogP contribution in [-0.4, -0.2) is 11.2 Å². The quantitative estimate of drug-likeness (QED) is 0.898. The van der Waals surface area contributed by atoms with Crippen molar-refractivity contribution >= 4 is 22.9 Å². The molecule has 17 heavy (non-hydrogen) atoms. The van der Waals surface area contributed by atoms with Crippen LogP contribution in [0.15, 0.2) is 35.0 Å². The van der Waals surface area contributed by atoms with Crippen molar-refractivity contribution in [3.63, 3.8) is 0 Å². The van der Waals surface area contributed by atoms with Crippen molar-refractivity contribution in [3.05, 3.63) is 57.0 Å². The van der Waals surface area contributed by atoms with Gasteiger partial charge in [0.05, 0.1) is 6.10 Å². The summed E-state index contributed by atoms with van der Waals surface area (Å²) >= 11 is 7.26. The molecule has 0 aliphatic rings. The highest BCUT2D eigenvalue weighted by Crippen LogP contribution is 2.17. The zero-order valence-electron chi connectivity index (χ0n) is 9.07. The third kappa shape index (κ3) is 3.53. The van der Waals surface area contributed by atoms with Gasteiger partial charge in [-0.1, -0.05) is 17.7 Å². The molecular weight excluding hydrogens is 259 g/mol. The predicted molar refractivity (Wildman–Crippen MR) is 69.1 cm³/mol. The minimum atomic E-state index is -0.569. The summed E-state index contributed by atoms with van der Waals surface area (Å²) in [4.78, 5) is 0. The van der Waals surface area contributed by atoms with Gasteiger partial charge in [0.1, 0.15) is 5.82 Å². The molecule has 0 bridgehead atoms. The predicted octanol–water partition coefficient (Wildman–Crippen LogP) is 3.69. The highest BCUT2D eigenvalue weighted by molar-refractivity contribution is 7.07. The number of aliphatic hydroxyl groups is 1. The molecule has 1 heterocycles. The molecule has 2 aromatic rings. The summed E-state index contributed by atoms with van der Waals surface area (Å²) in [5.74, 6) is -0.359. The van der Waals surface area contributed by atoms with Gasteiger partial charge < -0.3 is 5.11 Å². The number of hydrogen-bond acceptors (Lipinski definition) is 2. The first kappa shape index (κ1) is 12.6. The molecule has 0 saturated carbocycles. The number of rotatable bonds is 4. The molecule has 0 spiro atoms. The van der Waals surface area contributed by atoms with E-state index in [2.05, 4.69) is 0 Å². The van der Waals surface area contributed by atoms with Crippen LogP contribution in [0.1, 0.15) is 11.1 Å². The molecule has 2 rings (SSSR count). The van der Waals surface area contributed by atoms with Gasteiger partial charge in [-0.2, -0.15) is 11.3 Å². The lowest BCUT2D eigenvalue weighted by Gasteiger charge is -2.10. The van der Waals surface area contributed by atoms with Crippen molar-refractivity contribution in [2.75, 3.05) is 0 Å². The molecule has 0 amide bonds. The van der Waals surface area contributed by atoms with Crippen molar-refractivity contribution in [2.24, 2.45) is 0 Å². The van der Waals surface area contributed by atoms with Gasteiger partial charge in [0.15, 0.2) is 0 Å². The van der Waals surface area contributed by atoms with E-state index in [0.717, 1.165) is 5.56 Å². The Labute approximate surface area is 108 Å². The maximum Gasteiger partial charge on any atom is 0.127 e. The summed E-state index contributed by atoms with van der Waals surface area (Å²) in [6.45, 7) is 0. The Balaban J connectivity index is 2.00. The number of aliphatic hydroxyl groups excluding tert-OH is 1. The molecule has 1 aromatic heterocycles. The fourth-order valence-electron chi connectivity index (χ4n) is 1.69. The Morgan fingerprint density at radius 3 is 2.76 bits per heavy atom. The zero-order chi connectivity index (χ0) is 12.3. The number of halogens is 2. The minimum absolute atomic E-state index is 0.304. The summed E-state index contributed by atoms with van der Waals surface area (Å²) < 4.78 is 13.5. The Bertz CT molecular complexity index is 484. The van der Waals surface area contributed by atoms with Crippen molar-refractivity contribution in [1.29, 1.82) is 0 Å². The van der Waals surface area contributed by atoms with Gasteiger partial charge in [0.25, 0.3) is 0 Å². The molecule has 1 N–H and O–H groups in total. The summed E-state index contributed by atoms with van der Waals surface area (Å²) in [7, 11) is 0. The van der Waals surface area contributed by atoms with Crippen LogP contribution in [-0.2, 0) is 12.8 Å². The fraction of sp³-hybridized carbons (Fsp3) is 0.231. The van der Waals surface area contributed by atoms with Crippen molar-refractivity contribution < 1.29 is 9.50 Å². The molecule has 0 fully saturated rings. The Kier molecular flexibility index (Phi) is 4.15. The molecule has 0 radical (unpaired) electrons. The molecule has 1 aromatic carbocycles. The number of thiophene rings is 1. The normalized spacial score (nSPS) is 12.6. The zero-order valence-corrected chi connectivity index (χ0v) is 10.6. The SMILES string of the molecule is OC(Cc1ccsc1)Cc1ccc(Cl)cc1F. The van der Waals surface area contributed by atoms with Crippen LogP contribution in [0.4, 0.5) is 4.39 Å². The van der Waals surface area contributed by atoms with Crippen LogP contribution in [0, 0.1) is 5.82 Å². The maximum absolute atomic E-state index is 13.5. The van der Waals surface area contributed by atoms with Crippen LogP contribution in [0.5, 0.6) is 0 Å². The lowest BCUT2D eigenvalue weighted by atomic mass is 10.0. The van der Waals surface area contributed by atoms with E-state index in [9.17, 15) is 9.50 Å². The van der Waals surface area contributed by atoms with E-state index in [1.807, 2.05) is 16.8 Å². The van der Waals surface area contributed by atoms with Gasteiger partial charge >= 0.3 is 0 Å². The van der Waals surface area contributed by atoms with Crippen LogP contribution < -0.4 is 0 Å². The molecule has 1 unspecified atom stereocenters. The monoisotopic (exact) mass is 270 g/mol. The van der Waals surface area contributed by atoms with Crippen LogP contribution in [0.25, 0.3) is 0 Å². The fourth-order valence-corrected chi connectivity index (χ4v) is 2.53. The van der Waals surface area contributed by atoms with E-state index in [1.54, 1.807) is 23.5 Å². The second-order valence-corrected chi connectivity index (χ2v) is 5.15. The van der Waals surface area contributed by atoms with E-state index < -0.39 is 6.10 Å². The Morgan fingerprint density at radius 2 is 2.12 bits per heavy atom. The summed E-state index contributed by atoms with van der Waals surface area (Å²) in [5.41, 5.74) is 1.58. The second kappa shape index (κ2) is 5.63. The molecule has 1 atom stereocenters. The van der Waals surface area contributed by atoms with Crippen molar-refractivity contribution in [3.8, 4) is 0 Å². The first-order valence-corrected chi connectivity index (χ1v) is 6.60. The molecule has 0 aliphatic carbocycles. The third-order valence-corrected chi connectivity index (χ3v) is 3.49. The van der Waals surface area contributed by atoms with Gasteiger partial charge in [-0.25, -0.2) is 4.39 Å². The highest BCUT2D eigenvalue weighted by Gasteiger charge is 2.10. The van der Waals surface area contributed by atoms with Gasteiger partial charge in [0, 0.05) is 11.4 Å². The first-order valence-electron chi connectivity index (χ1n) is 5.28. The lowest BCUT2D eigenvalue weighted by molar-refractivity contribution is 0.174. The average Bonchev–Trinajstić information content (AvgIpc) is 2.75. The van der Waals surface area contributed by atoms with Crippen LogP contribution in [0.2, 0.25) is 5.02 Å². The average molecular weight is 271 g/mol. The van der Waals surface area contributed by atoms with Crippen molar-refractivity contribution in [1.82, 2.24) is 0 Å². The van der Waals surface area contributed by atoms with E-state index in [-0.39, 0.29) is 5.82 Å². The molecule has 4 heteroatoms. The van der Waals surface area contributed by atoms with Crippen molar-refractivity contribution in [2.45, 2.75) is 18.9 Å². The second-order valence-electron chi connectivity index (χ2n) is 3.93. The summed E-state index contributed by atoms with van der Waals surface area (Å²) in [6.07, 6.45) is 0.282. The van der Waals surface area contributed by atoms with Gasteiger partial charge in [-0.05, 0) is 46.5 Å². The Hall–Kier alpha value is -0.900. The van der Waals surface area contributed by atoms with E-state index >= 15 is 0 Å². The van der Waals surface area contributed by atoms with Crippen LogP contribution >= 0.6 is 22.9 Å². The summed E-state index contributed by atoms with van der Waals surface area (Å²) in [5, 5.41) is 14.2. The highest BCUT2D eigenvalue weighted by atomic mass is 35.5. The van der Waals surface area contributed by atoms with Gasteiger partial charge in [-0.3, -0.25) is 0 Å². The lowest BCUT2D eigenvalue weighted by Crippen LogP contribution is -2.14. The Morgan fingerprint density at radius 1 is 1.29 bits per heavy atom. The number of hydrogen-bond donors (Lipinski definition) is 1. The smallest absolute Gasteiger partial charge is 0.127 e. The van der Waals surface area contributed by atoms with E-state index in [0.29, 0.717) is 23.4 Å². The molecule has 0 aliphatic heterocycles. The number of benzene rings is 1. The van der Waals surface area contributed by atoms with Gasteiger partial charge in [0.2, 0.25) is 0 Å². The van der Waals surface area contributed by atoms with Crippen LogP contribution in [0.3, 0.4) is 0 Å². The van der Waals surface area contributed by atoms with Gasteiger partial charge in [-0.15, -0.1) is 0 Å².